The average molecular weight is 1050 g/mol. The predicted octanol–water partition coefficient (Wildman–Crippen LogP) is 0.346. The number of hydrogen-bond donors (Lipinski definition) is 9. The van der Waals surface area contributed by atoms with Crippen molar-refractivity contribution < 1.29 is 77.8 Å². The number of nitrogens with zero attached hydrogens (tertiary/aromatic N) is 4. The molecule has 25 heteroatoms. The molecule has 1 unspecified atom stereocenters. The summed E-state index contributed by atoms with van der Waals surface area (Å²) in [6.45, 7) is 2.58. The van der Waals surface area contributed by atoms with Gasteiger partial charge in [0, 0.05) is 91.8 Å². The first-order valence-corrected chi connectivity index (χ1v) is 25.1. The van der Waals surface area contributed by atoms with E-state index < -0.39 is 72.3 Å². The smallest absolute Gasteiger partial charge is 0.328 e. The van der Waals surface area contributed by atoms with Crippen LogP contribution in [0.15, 0.2) is 30.3 Å². The lowest BCUT2D eigenvalue weighted by molar-refractivity contribution is -0.149. The predicted molar refractivity (Wildman–Crippen MR) is 266 cm³/mol. The molecule has 2 rings (SSSR count). The van der Waals surface area contributed by atoms with E-state index in [1.54, 1.807) is 14.7 Å². The number of methoxy groups -OCH3 is 1. The van der Waals surface area contributed by atoms with Crippen molar-refractivity contribution in [3.8, 4) is 0 Å². The van der Waals surface area contributed by atoms with Crippen LogP contribution >= 0.6 is 0 Å². The van der Waals surface area contributed by atoms with Crippen molar-refractivity contribution in [1.29, 1.82) is 0 Å². The second-order valence-electron chi connectivity index (χ2n) is 18.0. The highest BCUT2D eigenvalue weighted by atomic mass is 16.5. The van der Waals surface area contributed by atoms with Crippen molar-refractivity contribution in [2.24, 2.45) is 0 Å². The van der Waals surface area contributed by atoms with Gasteiger partial charge in [-0.3, -0.25) is 48.4 Å². The number of carboxylic acids is 4. The van der Waals surface area contributed by atoms with Crippen LogP contribution in [-0.4, -0.2) is 210 Å². The van der Waals surface area contributed by atoms with Crippen molar-refractivity contribution in [3.05, 3.63) is 42.9 Å². The Morgan fingerprint density at radius 2 is 1.00 bits per heavy atom. The van der Waals surface area contributed by atoms with Crippen LogP contribution < -0.4 is 26.6 Å². The fraction of sp³-hybridized carbons (Fsp3) is 0.653. The molecule has 0 saturated carbocycles. The number of urea groups is 1. The van der Waals surface area contributed by atoms with Crippen LogP contribution in [-0.2, 0) is 59.2 Å². The minimum absolute atomic E-state index is 0.00500. The van der Waals surface area contributed by atoms with Gasteiger partial charge in [-0.25, -0.2) is 19.2 Å². The Morgan fingerprint density at radius 1 is 0.527 bits per heavy atom. The topological polar surface area (TPSA) is 343 Å². The van der Waals surface area contributed by atoms with E-state index in [1.807, 2.05) is 35.2 Å². The van der Waals surface area contributed by atoms with Crippen LogP contribution in [0.4, 0.5) is 4.79 Å². The summed E-state index contributed by atoms with van der Waals surface area (Å²) in [7, 11) is 7.29. The Kier molecular flexibility index (Phi) is 32.1. The number of rotatable bonds is 34. The Hall–Kier alpha value is -6.44. The molecule has 9 N–H and O–H groups in total. The van der Waals surface area contributed by atoms with Crippen molar-refractivity contribution in [1.82, 2.24) is 46.2 Å². The highest BCUT2D eigenvalue weighted by Crippen LogP contribution is 2.10. The highest BCUT2D eigenvalue weighted by Gasteiger charge is 2.27. The maximum atomic E-state index is 13.5. The molecule has 25 nitrogen and oxygen atoms in total. The number of unbranched alkanes of at least 4 members (excludes halogenated alkanes) is 5. The Bertz CT molecular complexity index is 1930. The molecule has 0 bridgehead atoms. The summed E-state index contributed by atoms with van der Waals surface area (Å²) >= 11 is 0. The molecule has 5 amide bonds. The number of carbonyl (C=O) groups excluding carboxylic acids is 6. The first-order chi connectivity index (χ1) is 35.3. The molecule has 1 saturated heterocycles. The number of hydrogen-bond acceptors (Lipinski definition) is 16. The second-order valence-corrected chi connectivity index (χ2v) is 18.0. The minimum atomic E-state index is -1.31. The number of amides is 5. The molecule has 0 spiro atoms. The van der Waals surface area contributed by atoms with E-state index in [4.69, 9.17) is 16.9 Å². The maximum absolute atomic E-state index is 13.5. The molecule has 0 aromatic heterocycles. The van der Waals surface area contributed by atoms with Crippen LogP contribution in [0.3, 0.4) is 0 Å². The van der Waals surface area contributed by atoms with Crippen LogP contribution in [0.25, 0.3) is 0 Å². The Balaban J connectivity index is 1.74. The summed E-state index contributed by atoms with van der Waals surface area (Å²) in [4.78, 5) is 128. The Morgan fingerprint density at radius 3 is 1.49 bits per heavy atom. The third kappa shape index (κ3) is 30.6. The summed E-state index contributed by atoms with van der Waals surface area (Å²) in [5.41, 5.74) is 0.770. The lowest BCUT2D eigenvalue weighted by Crippen LogP contribution is -2.51. The van der Waals surface area contributed by atoms with Crippen molar-refractivity contribution in [2.75, 3.05) is 92.2 Å². The fourth-order valence-corrected chi connectivity index (χ4v) is 7.71. The van der Waals surface area contributed by atoms with E-state index >= 15 is 0 Å². The first kappa shape index (κ1) is 63.7. The lowest BCUT2D eigenvalue weighted by Gasteiger charge is -2.32. The van der Waals surface area contributed by atoms with E-state index in [-0.39, 0.29) is 89.8 Å². The molecule has 1 aromatic carbocycles. The van der Waals surface area contributed by atoms with Gasteiger partial charge in [-0.05, 0) is 63.4 Å². The van der Waals surface area contributed by atoms with Crippen molar-refractivity contribution >= 4 is 59.6 Å². The number of carbonyl (C=O) groups is 10. The summed E-state index contributed by atoms with van der Waals surface area (Å²) < 4.78 is 10.2. The average Bonchev–Trinajstić information content (AvgIpc) is 3.35. The Labute approximate surface area is 432 Å². The highest BCUT2D eigenvalue weighted by molar-refractivity contribution is 5.87. The normalized spacial score (nSPS) is 15.4. The minimum Gasteiger partial charge on any atom is -0.481 e. The molecule has 1 heterocycles. The largest absolute Gasteiger partial charge is 0.481 e. The molecule has 414 valence electrons. The third-order valence-corrected chi connectivity index (χ3v) is 11.9. The van der Waals surface area contributed by atoms with Crippen LogP contribution in [0.1, 0.15) is 95.5 Å². The maximum Gasteiger partial charge on any atom is 0.328 e. The van der Waals surface area contributed by atoms with Gasteiger partial charge in [0.25, 0.3) is 0 Å². The zero-order valence-corrected chi connectivity index (χ0v) is 42.5. The summed E-state index contributed by atoms with van der Waals surface area (Å²) in [5, 5.41) is 50.3. The molecular formula is C49H77N9O16. The molecule has 1 aromatic rings. The number of nitrogens with one attached hydrogen (secondary N) is 5. The van der Waals surface area contributed by atoms with Crippen molar-refractivity contribution in [3.63, 3.8) is 0 Å². The lowest BCUT2D eigenvalue weighted by atomic mass is 10.1. The van der Waals surface area contributed by atoms with Gasteiger partial charge in [0.05, 0.1) is 26.7 Å². The number of aliphatic carboxylic acids is 4. The first-order valence-electron chi connectivity index (χ1n) is 25.1. The monoisotopic (exact) mass is 1050 g/mol. The van der Waals surface area contributed by atoms with Crippen LogP contribution in [0, 0.1) is 7.05 Å². The van der Waals surface area contributed by atoms with Crippen molar-refractivity contribution in [2.45, 2.75) is 115 Å². The van der Waals surface area contributed by atoms with E-state index in [0.717, 1.165) is 25.5 Å². The molecule has 2 radical (unpaired) electrons. The molecule has 1 fully saturated rings. The number of benzene rings is 1. The second kappa shape index (κ2) is 37.3. The van der Waals surface area contributed by atoms with E-state index in [2.05, 4.69) is 31.3 Å². The van der Waals surface area contributed by atoms with Gasteiger partial charge in [-0.15, -0.1) is 0 Å². The third-order valence-electron chi connectivity index (χ3n) is 11.9. The SMILES string of the molecule is [CH]N1CCN(CC(=O)O)CCN(CC(=O)O)CCN(CC(=O)NC(CCCCNC(=O)CCCCCCC(=O)NCCCC[C@H](NC(=O)N[C@@H](CCC(=O)O)C(=O)OC)C(=O)O)C(=O)OCc2ccccc2)CC1. The molecule has 1 aliphatic heterocycles. The fourth-order valence-electron chi connectivity index (χ4n) is 7.71. The summed E-state index contributed by atoms with van der Waals surface area (Å²) in [6, 6.07) is 4.57. The standard InChI is InChI=1S/C49H77N9O16/c1-55-24-26-56(28-29-58(34-45(66)67)31-30-57(27-25-55)33-44(64)65)32-42(61)52-38(48(71)74-35-36-14-6-5-7-15-36)17-11-13-23-51-41(60)19-9-4-3-8-18-40(59)50-22-12-10-16-37(46(68)69)53-49(72)54-39(47(70)73-2)20-21-43(62)63/h1,5-7,14-15,37-39H,3-4,8-13,16-35H2,2H3,(H,50,59)(H,51,60)(H,52,61)(H,62,63)(H,64,65)(H,66,67)(H,68,69)(H2,53,54,72)/t37-,38?,39-/m0/s1. The molecular weight excluding hydrogens is 971 g/mol. The summed E-state index contributed by atoms with van der Waals surface area (Å²) in [5.74, 6) is -6.78. The number of ether oxygens (including phenoxy) is 2. The zero-order valence-electron chi connectivity index (χ0n) is 42.5. The van der Waals surface area contributed by atoms with Gasteiger partial charge in [-0.2, -0.15) is 0 Å². The quantitative estimate of drug-likeness (QED) is 0.0332. The van der Waals surface area contributed by atoms with E-state index in [1.165, 1.54) is 0 Å². The van der Waals surface area contributed by atoms with Gasteiger partial charge < -0.3 is 56.5 Å². The summed E-state index contributed by atoms with van der Waals surface area (Å²) in [6.07, 6.45) is 4.60. The van der Waals surface area contributed by atoms with Gasteiger partial charge in [0.15, 0.2) is 0 Å². The van der Waals surface area contributed by atoms with Crippen LogP contribution in [0.5, 0.6) is 0 Å². The van der Waals surface area contributed by atoms with Gasteiger partial charge in [0.1, 0.15) is 24.7 Å². The van der Waals surface area contributed by atoms with E-state index in [9.17, 15) is 63.3 Å². The number of carboxylic acid groups (broad SMARTS) is 4. The van der Waals surface area contributed by atoms with Gasteiger partial charge in [-0.1, -0.05) is 43.2 Å². The van der Waals surface area contributed by atoms with Gasteiger partial charge in [0.2, 0.25) is 17.7 Å². The zero-order chi connectivity index (χ0) is 54.7. The molecule has 1 aliphatic rings. The van der Waals surface area contributed by atoms with Crippen LogP contribution in [0.2, 0.25) is 0 Å². The molecule has 74 heavy (non-hydrogen) atoms. The number of esters is 2. The molecule has 3 atom stereocenters. The molecule has 0 aliphatic carbocycles. The van der Waals surface area contributed by atoms with Gasteiger partial charge >= 0.3 is 41.8 Å². The van der Waals surface area contributed by atoms with E-state index in [0.29, 0.717) is 84.3 Å².